The van der Waals surface area contributed by atoms with Crippen LogP contribution < -0.4 is 20.6 Å². The molecule has 0 saturated heterocycles. The van der Waals surface area contributed by atoms with Crippen LogP contribution in [0.4, 0.5) is 28.4 Å². The average molecular weight is 1080 g/mol. The molecule has 7 aromatic carbocycles. The fourth-order valence-electron chi connectivity index (χ4n) is 17.7. The van der Waals surface area contributed by atoms with Gasteiger partial charge in [0.1, 0.15) is 0 Å². The standard InChI is InChI=1S/C77H87BN2S/c1-69(2)29-31-71(5,6)54-37-44(23-26-51(54)69)79-62-43-59-58(75(13,14)35-36-76(59,15)16)42-60(62)78-66-50(39-49-46-21-19-20-22-63(46)81-68(49)67(66)79)64-61(80(78)45-24-27-52-55(38-45)72(7,8)32-30-70(52,3)4)28-25-47-48-40-56-57(41-53(48)77(17,18)65(47)64)74(11,12)34-33-73(56,9)10/h19-28,37-43H,29-36H2,1-18H3. The van der Waals surface area contributed by atoms with E-state index in [4.69, 9.17) is 0 Å². The lowest BCUT2D eigenvalue weighted by atomic mass is 9.42. The summed E-state index contributed by atoms with van der Waals surface area (Å²) in [7, 11) is 0. The highest BCUT2D eigenvalue weighted by Gasteiger charge is 2.53. The molecule has 5 aliphatic carbocycles. The van der Waals surface area contributed by atoms with E-state index in [2.05, 4.69) is 237 Å². The van der Waals surface area contributed by atoms with Gasteiger partial charge in [-0.3, -0.25) is 0 Å². The molecule has 0 atom stereocenters. The Morgan fingerprint density at radius 2 is 0.864 bits per heavy atom. The van der Waals surface area contributed by atoms with Crippen molar-refractivity contribution in [2.24, 2.45) is 0 Å². The van der Waals surface area contributed by atoms with E-state index in [1.807, 2.05) is 11.3 Å². The summed E-state index contributed by atoms with van der Waals surface area (Å²) in [5.74, 6) is 0. The molecule has 0 unspecified atom stereocenters. The molecule has 0 fully saturated rings. The molecule has 15 rings (SSSR count). The van der Waals surface area contributed by atoms with Crippen LogP contribution in [-0.4, -0.2) is 6.85 Å². The van der Waals surface area contributed by atoms with Crippen molar-refractivity contribution in [3.05, 3.63) is 159 Å². The molecular formula is C77H87BN2S. The van der Waals surface area contributed by atoms with Crippen molar-refractivity contribution in [3.8, 4) is 22.3 Å². The first-order chi connectivity index (χ1) is 37.8. The second-order valence-electron chi connectivity index (χ2n) is 32.7. The molecule has 0 N–H and O–H groups in total. The molecule has 2 aliphatic heterocycles. The molecule has 3 heterocycles. The van der Waals surface area contributed by atoms with Crippen LogP contribution in [0.1, 0.15) is 232 Å². The smallest absolute Gasteiger partial charge is 0.333 e. The lowest BCUT2D eigenvalue weighted by molar-refractivity contribution is 0.331. The predicted molar refractivity (Wildman–Crippen MR) is 352 cm³/mol. The zero-order valence-electron chi connectivity index (χ0n) is 52.4. The van der Waals surface area contributed by atoms with E-state index in [1.54, 1.807) is 11.1 Å². The third-order valence-corrected chi connectivity index (χ3v) is 24.7. The van der Waals surface area contributed by atoms with Crippen molar-refractivity contribution in [3.63, 3.8) is 0 Å². The highest BCUT2D eigenvalue weighted by molar-refractivity contribution is 7.26. The van der Waals surface area contributed by atoms with E-state index in [-0.39, 0.29) is 55.6 Å². The van der Waals surface area contributed by atoms with E-state index >= 15 is 0 Å². The topological polar surface area (TPSA) is 6.48 Å². The van der Waals surface area contributed by atoms with Gasteiger partial charge in [-0.25, -0.2) is 0 Å². The second kappa shape index (κ2) is 16.0. The van der Waals surface area contributed by atoms with Crippen molar-refractivity contribution >= 4 is 77.7 Å². The molecule has 0 spiro atoms. The van der Waals surface area contributed by atoms with Gasteiger partial charge in [0.05, 0.1) is 10.4 Å². The largest absolute Gasteiger partial charge is 0.376 e. The molecule has 0 radical (unpaired) electrons. The SMILES string of the molecule is CC1(C)CCC(C)(C)c2cc(N3B4c5cc6c(cc5N(c5ccc7c(c5)C(C)(C)CCC7(C)C)c5c4c(cc4c5sc5ccccc54)-c4c3ccc3c4C(C)(C)c4cc5c(cc4-3)C(C)(C)CCC5(C)C)C(C)(C)CCC6(C)C)ccc21. The number of hydrogen-bond donors (Lipinski definition) is 0. The summed E-state index contributed by atoms with van der Waals surface area (Å²) in [5.41, 5.74) is 30.6. The summed E-state index contributed by atoms with van der Waals surface area (Å²) in [4.78, 5) is 5.73. The number of thiophene rings is 1. The van der Waals surface area contributed by atoms with Gasteiger partial charge in [-0.2, -0.15) is 0 Å². The molecular weight excluding hydrogens is 996 g/mol. The predicted octanol–water partition coefficient (Wildman–Crippen LogP) is 20.5. The van der Waals surface area contributed by atoms with Crippen molar-refractivity contribution in [1.82, 2.24) is 0 Å². The van der Waals surface area contributed by atoms with Gasteiger partial charge in [-0.15, -0.1) is 11.3 Å². The van der Waals surface area contributed by atoms with Crippen LogP contribution in [0.2, 0.25) is 0 Å². The number of rotatable bonds is 2. The first kappa shape index (κ1) is 52.2. The van der Waals surface area contributed by atoms with Crippen LogP contribution in [0, 0.1) is 0 Å². The van der Waals surface area contributed by atoms with Crippen LogP contribution >= 0.6 is 11.3 Å². The molecule has 81 heavy (non-hydrogen) atoms. The van der Waals surface area contributed by atoms with Crippen LogP contribution in [-0.2, 0) is 48.7 Å². The van der Waals surface area contributed by atoms with E-state index < -0.39 is 0 Å². The molecule has 4 heteroatoms. The Morgan fingerprint density at radius 1 is 0.383 bits per heavy atom. The lowest BCUT2D eigenvalue weighted by Crippen LogP contribution is -2.62. The van der Waals surface area contributed by atoms with E-state index in [1.165, 1.54) is 178 Å². The summed E-state index contributed by atoms with van der Waals surface area (Å²) in [6.07, 6.45) is 9.48. The number of benzene rings is 7. The van der Waals surface area contributed by atoms with Gasteiger partial charge in [-0.1, -0.05) is 173 Å². The number of hydrogen-bond acceptors (Lipinski definition) is 3. The summed E-state index contributed by atoms with van der Waals surface area (Å²) >= 11 is 2.02. The number of fused-ring (bicyclic) bond motifs is 16. The maximum absolute atomic E-state index is 2.90. The van der Waals surface area contributed by atoms with Crippen LogP contribution in [0.3, 0.4) is 0 Å². The Kier molecular flexibility index (Phi) is 10.3. The molecule has 414 valence electrons. The molecule has 0 amide bonds. The molecule has 2 nitrogen and oxygen atoms in total. The highest BCUT2D eigenvalue weighted by atomic mass is 32.1. The Morgan fingerprint density at radius 3 is 1.44 bits per heavy atom. The van der Waals surface area contributed by atoms with Crippen molar-refractivity contribution < 1.29 is 0 Å². The third kappa shape index (κ3) is 6.98. The summed E-state index contributed by atoms with van der Waals surface area (Å²) in [6, 6.07) is 43.6. The van der Waals surface area contributed by atoms with Gasteiger partial charge in [0, 0.05) is 49.2 Å². The summed E-state index contributed by atoms with van der Waals surface area (Å²) in [6.45, 7) is 45.2. The number of nitrogens with zero attached hydrogens (tertiary/aromatic N) is 2. The van der Waals surface area contributed by atoms with Gasteiger partial charge in [0.15, 0.2) is 0 Å². The second-order valence-corrected chi connectivity index (χ2v) is 33.8. The van der Waals surface area contributed by atoms with Crippen molar-refractivity contribution in [1.29, 1.82) is 0 Å². The van der Waals surface area contributed by atoms with Gasteiger partial charge in [0.25, 0.3) is 0 Å². The van der Waals surface area contributed by atoms with E-state index in [0.717, 1.165) is 0 Å². The van der Waals surface area contributed by atoms with Gasteiger partial charge >= 0.3 is 6.85 Å². The summed E-state index contributed by atoms with van der Waals surface area (Å²) < 4.78 is 2.75. The minimum atomic E-state index is -0.278. The minimum absolute atomic E-state index is 0.0163. The van der Waals surface area contributed by atoms with Gasteiger partial charge < -0.3 is 9.71 Å². The fraction of sp³-hybridized carbons (Fsp3) is 0.455. The van der Waals surface area contributed by atoms with E-state index in [9.17, 15) is 0 Å². The Balaban J connectivity index is 1.13. The quantitative estimate of drug-likeness (QED) is 0.159. The van der Waals surface area contributed by atoms with Crippen LogP contribution in [0.15, 0.2) is 103 Å². The zero-order chi connectivity index (χ0) is 57.1. The fourth-order valence-corrected chi connectivity index (χ4v) is 18.9. The summed E-state index contributed by atoms with van der Waals surface area (Å²) in [5, 5.41) is 2.73. The lowest BCUT2D eigenvalue weighted by Gasteiger charge is -2.50. The van der Waals surface area contributed by atoms with Gasteiger partial charge in [0.2, 0.25) is 0 Å². The Hall–Kier alpha value is -5.58. The molecule has 0 saturated carbocycles. The zero-order valence-corrected chi connectivity index (χ0v) is 53.2. The minimum Gasteiger partial charge on any atom is -0.376 e. The van der Waals surface area contributed by atoms with Crippen LogP contribution in [0.5, 0.6) is 0 Å². The molecule has 8 aromatic rings. The Labute approximate surface area is 490 Å². The number of anilines is 5. The van der Waals surface area contributed by atoms with E-state index in [0.29, 0.717) is 0 Å². The van der Waals surface area contributed by atoms with Crippen molar-refractivity contribution in [2.45, 2.75) is 225 Å². The highest BCUT2D eigenvalue weighted by Crippen LogP contribution is 2.62. The van der Waals surface area contributed by atoms with Gasteiger partial charge in [-0.05, 0) is 233 Å². The monoisotopic (exact) mass is 1080 g/mol. The molecule has 7 aliphatic rings. The average Bonchev–Trinajstić information content (AvgIpc) is 1.95. The van der Waals surface area contributed by atoms with Crippen molar-refractivity contribution in [2.75, 3.05) is 9.71 Å². The molecule has 1 aromatic heterocycles. The maximum atomic E-state index is 2.90. The maximum Gasteiger partial charge on any atom is 0.333 e. The first-order valence-electron chi connectivity index (χ1n) is 31.3. The molecule has 0 bridgehead atoms. The Bertz CT molecular complexity index is 4120. The normalized spacial score (nSPS) is 22.4. The van der Waals surface area contributed by atoms with Crippen LogP contribution in [0.25, 0.3) is 42.4 Å². The first-order valence-corrected chi connectivity index (χ1v) is 32.1. The third-order valence-electron chi connectivity index (χ3n) is 23.5.